The van der Waals surface area contributed by atoms with E-state index in [-0.39, 0.29) is 16.9 Å². The number of ether oxygens (including phenoxy) is 1. The predicted molar refractivity (Wildman–Crippen MR) is 59.4 cm³/mol. The van der Waals surface area contributed by atoms with Gasteiger partial charge in [-0.3, -0.25) is 0 Å². The fraction of sp³-hybridized carbons (Fsp3) is 0.769. The highest BCUT2D eigenvalue weighted by Gasteiger charge is 2.62. The molecular weight excluding hydrogens is 207 g/mol. The lowest BCUT2D eigenvalue weighted by Crippen LogP contribution is -2.38. The molecule has 3 atom stereocenters. The maximum absolute atomic E-state index is 12.6. The molecule has 16 heavy (non-hydrogen) atoms. The first-order valence-corrected chi connectivity index (χ1v) is 5.84. The van der Waals surface area contributed by atoms with Crippen LogP contribution in [-0.4, -0.2) is 12.1 Å². The predicted octanol–water partition coefficient (Wildman–Crippen LogP) is 3.23. The highest BCUT2D eigenvalue weighted by molar-refractivity contribution is 5.85. The fourth-order valence-electron chi connectivity index (χ4n) is 3.50. The molecule has 2 fully saturated rings. The van der Waals surface area contributed by atoms with E-state index in [4.69, 9.17) is 4.74 Å². The normalized spacial score (nSPS) is 39.8. The van der Waals surface area contributed by atoms with Gasteiger partial charge < -0.3 is 4.74 Å². The summed E-state index contributed by atoms with van der Waals surface area (Å²) in [6.45, 7) is 9.58. The molecule has 0 saturated heterocycles. The summed E-state index contributed by atoms with van der Waals surface area (Å²) in [5, 5.41) is 0. The maximum atomic E-state index is 12.6. The average Bonchev–Trinajstić information content (AvgIpc) is 2.50. The van der Waals surface area contributed by atoms with Crippen LogP contribution in [0.5, 0.6) is 0 Å². The Kier molecular flexibility index (Phi) is 2.41. The number of halogens is 1. The van der Waals surface area contributed by atoms with Crippen LogP contribution >= 0.6 is 0 Å². The van der Waals surface area contributed by atoms with Crippen LogP contribution < -0.4 is 0 Å². The Bertz CT molecular complexity index is 348. The highest BCUT2D eigenvalue weighted by Crippen LogP contribution is 2.66. The zero-order valence-corrected chi connectivity index (χ0v) is 10.2. The zero-order chi connectivity index (χ0) is 12.1. The van der Waals surface area contributed by atoms with Crippen LogP contribution in [0.1, 0.15) is 40.0 Å². The van der Waals surface area contributed by atoms with E-state index in [1.54, 1.807) is 0 Å². The lowest BCUT2D eigenvalue weighted by Gasteiger charge is -2.38. The summed E-state index contributed by atoms with van der Waals surface area (Å²) >= 11 is 0. The number of esters is 1. The first-order valence-electron chi connectivity index (χ1n) is 5.84. The lowest BCUT2D eigenvalue weighted by molar-refractivity contribution is -0.153. The standard InChI is InChI=1S/C13H19FO2/c1-8(14)11(15)16-10-7-9-5-6-13(10,4)12(9,2)3/h9-10H,1,5-7H2,2-4H3. The summed E-state index contributed by atoms with van der Waals surface area (Å²) in [6, 6.07) is 0. The van der Waals surface area contributed by atoms with E-state index in [2.05, 4.69) is 27.4 Å². The number of hydrogen-bond acceptors (Lipinski definition) is 2. The van der Waals surface area contributed by atoms with Crippen molar-refractivity contribution in [3.8, 4) is 0 Å². The van der Waals surface area contributed by atoms with Crippen LogP contribution in [0.15, 0.2) is 12.4 Å². The van der Waals surface area contributed by atoms with Gasteiger partial charge in [-0.2, -0.15) is 4.39 Å². The zero-order valence-electron chi connectivity index (χ0n) is 10.2. The number of fused-ring (bicyclic) bond motifs is 2. The first-order chi connectivity index (χ1) is 7.29. The summed E-state index contributed by atoms with van der Waals surface area (Å²) in [4.78, 5) is 11.2. The third-order valence-electron chi connectivity index (χ3n) is 5.18. The molecule has 0 radical (unpaired) electrons. The van der Waals surface area contributed by atoms with E-state index in [0.29, 0.717) is 5.92 Å². The number of hydrogen-bond donors (Lipinski definition) is 0. The van der Waals surface area contributed by atoms with E-state index < -0.39 is 11.8 Å². The number of carbonyl (C=O) groups excluding carboxylic acids is 1. The summed E-state index contributed by atoms with van der Waals surface area (Å²) in [5.41, 5.74) is 0.165. The summed E-state index contributed by atoms with van der Waals surface area (Å²) in [6.07, 6.45) is 2.96. The molecule has 0 aromatic heterocycles. The van der Waals surface area contributed by atoms with Crippen molar-refractivity contribution in [1.82, 2.24) is 0 Å². The van der Waals surface area contributed by atoms with Crippen molar-refractivity contribution in [3.05, 3.63) is 12.4 Å². The van der Waals surface area contributed by atoms with Crippen LogP contribution in [0.4, 0.5) is 4.39 Å². The van der Waals surface area contributed by atoms with Crippen molar-refractivity contribution in [2.24, 2.45) is 16.7 Å². The number of carbonyl (C=O) groups is 1. The summed E-state index contributed by atoms with van der Waals surface area (Å²) < 4.78 is 17.9. The Morgan fingerprint density at radius 2 is 2.06 bits per heavy atom. The minimum absolute atomic E-state index is 0.0111. The Hall–Kier alpha value is -0.860. The topological polar surface area (TPSA) is 26.3 Å². The molecule has 0 aromatic carbocycles. The molecule has 0 amide bonds. The second-order valence-corrected chi connectivity index (χ2v) is 5.91. The molecule has 0 spiro atoms. The van der Waals surface area contributed by atoms with Crippen LogP contribution in [-0.2, 0) is 9.53 Å². The van der Waals surface area contributed by atoms with E-state index in [9.17, 15) is 9.18 Å². The van der Waals surface area contributed by atoms with Gasteiger partial charge in [-0.1, -0.05) is 27.4 Å². The molecular formula is C13H19FO2. The van der Waals surface area contributed by atoms with Crippen molar-refractivity contribution in [2.75, 3.05) is 0 Å². The third kappa shape index (κ3) is 1.33. The molecule has 0 heterocycles. The van der Waals surface area contributed by atoms with E-state index in [1.165, 1.54) is 6.42 Å². The van der Waals surface area contributed by atoms with Crippen LogP contribution in [0.2, 0.25) is 0 Å². The molecule has 2 saturated carbocycles. The second kappa shape index (κ2) is 3.31. The highest BCUT2D eigenvalue weighted by atomic mass is 19.1. The maximum Gasteiger partial charge on any atom is 0.366 e. The summed E-state index contributed by atoms with van der Waals surface area (Å²) in [5.74, 6) is -1.30. The van der Waals surface area contributed by atoms with E-state index in [1.807, 2.05) is 0 Å². The smallest absolute Gasteiger partial charge is 0.366 e. The number of rotatable bonds is 2. The van der Waals surface area contributed by atoms with Gasteiger partial charge in [-0.05, 0) is 30.6 Å². The Morgan fingerprint density at radius 1 is 1.44 bits per heavy atom. The van der Waals surface area contributed by atoms with E-state index in [0.717, 1.165) is 12.8 Å². The van der Waals surface area contributed by atoms with Crippen LogP contribution in [0.3, 0.4) is 0 Å². The summed E-state index contributed by atoms with van der Waals surface area (Å²) in [7, 11) is 0. The van der Waals surface area contributed by atoms with Gasteiger partial charge in [0.2, 0.25) is 5.83 Å². The average molecular weight is 226 g/mol. The molecule has 3 unspecified atom stereocenters. The molecule has 3 heteroatoms. The first kappa shape index (κ1) is 11.6. The van der Waals surface area contributed by atoms with Crippen molar-refractivity contribution in [2.45, 2.75) is 46.1 Å². The van der Waals surface area contributed by atoms with Gasteiger partial charge in [0.15, 0.2) is 0 Å². The van der Waals surface area contributed by atoms with Crippen molar-refractivity contribution >= 4 is 5.97 Å². The third-order valence-corrected chi connectivity index (χ3v) is 5.18. The second-order valence-electron chi connectivity index (χ2n) is 5.91. The Balaban J connectivity index is 2.16. The minimum atomic E-state index is -0.996. The SMILES string of the molecule is C=C(F)C(=O)OC1CC2CCC1(C)C2(C)C. The molecule has 2 aliphatic rings. The van der Waals surface area contributed by atoms with Crippen molar-refractivity contribution < 1.29 is 13.9 Å². The molecule has 2 bridgehead atoms. The van der Waals surface area contributed by atoms with Crippen molar-refractivity contribution in [1.29, 1.82) is 0 Å². The minimum Gasteiger partial charge on any atom is -0.457 e. The van der Waals surface area contributed by atoms with Gasteiger partial charge in [0, 0.05) is 5.41 Å². The van der Waals surface area contributed by atoms with Crippen LogP contribution in [0.25, 0.3) is 0 Å². The molecule has 0 aromatic rings. The molecule has 2 rings (SSSR count). The van der Waals surface area contributed by atoms with E-state index >= 15 is 0 Å². The molecule has 2 nitrogen and oxygen atoms in total. The van der Waals surface area contributed by atoms with Gasteiger partial charge >= 0.3 is 5.97 Å². The Labute approximate surface area is 95.9 Å². The van der Waals surface area contributed by atoms with Gasteiger partial charge in [0.1, 0.15) is 6.10 Å². The van der Waals surface area contributed by atoms with Crippen LogP contribution in [0, 0.1) is 16.7 Å². The van der Waals surface area contributed by atoms with Gasteiger partial charge in [-0.15, -0.1) is 0 Å². The van der Waals surface area contributed by atoms with Gasteiger partial charge in [0.25, 0.3) is 0 Å². The van der Waals surface area contributed by atoms with Crippen molar-refractivity contribution in [3.63, 3.8) is 0 Å². The Morgan fingerprint density at radius 3 is 2.44 bits per heavy atom. The molecule has 0 aliphatic heterocycles. The van der Waals surface area contributed by atoms with Gasteiger partial charge in [0.05, 0.1) is 0 Å². The largest absolute Gasteiger partial charge is 0.457 e. The molecule has 90 valence electrons. The fourth-order valence-corrected chi connectivity index (χ4v) is 3.50. The quantitative estimate of drug-likeness (QED) is 0.533. The van der Waals surface area contributed by atoms with Gasteiger partial charge in [-0.25, -0.2) is 4.79 Å². The molecule has 2 aliphatic carbocycles. The lowest BCUT2D eigenvalue weighted by atomic mass is 9.70. The molecule has 0 N–H and O–H groups in total. The monoisotopic (exact) mass is 226 g/mol.